The van der Waals surface area contributed by atoms with Crippen LogP contribution >= 0.6 is 0 Å². The first-order chi connectivity index (χ1) is 11.1. The Morgan fingerprint density at radius 1 is 0.957 bits per heavy atom. The molecule has 0 spiro atoms. The number of guanidine groups is 1. The summed E-state index contributed by atoms with van der Waals surface area (Å²) < 4.78 is 0. The van der Waals surface area contributed by atoms with Crippen LogP contribution in [0.25, 0.3) is 10.8 Å². The summed E-state index contributed by atoms with van der Waals surface area (Å²) in [5.41, 5.74) is 10.6. The number of hydrogen-bond acceptors (Lipinski definition) is 1. The molecule has 0 aromatic heterocycles. The molecule has 3 heteroatoms. The topological polar surface area (TPSA) is 41.6 Å². The monoisotopic (exact) mass is 303 g/mol. The summed E-state index contributed by atoms with van der Waals surface area (Å²) >= 11 is 0. The van der Waals surface area contributed by atoms with Crippen molar-refractivity contribution in [1.82, 2.24) is 0 Å². The summed E-state index contributed by atoms with van der Waals surface area (Å²) in [5.74, 6) is 0.482. The Labute approximate surface area is 137 Å². The van der Waals surface area contributed by atoms with Crippen molar-refractivity contribution in [2.45, 2.75) is 13.8 Å². The molecular weight excluding hydrogens is 282 g/mol. The summed E-state index contributed by atoms with van der Waals surface area (Å²) in [7, 11) is 1.95. The summed E-state index contributed by atoms with van der Waals surface area (Å²) in [6, 6.07) is 20.6. The lowest BCUT2D eigenvalue weighted by atomic mass is 10.1. The first kappa shape index (κ1) is 15.1. The highest BCUT2D eigenvalue weighted by atomic mass is 15.2. The Hall–Kier alpha value is -2.81. The predicted molar refractivity (Wildman–Crippen MR) is 99.5 cm³/mol. The number of nitrogens with zero attached hydrogens (tertiary/aromatic N) is 2. The van der Waals surface area contributed by atoms with Crippen LogP contribution in [0.2, 0.25) is 0 Å². The third-order valence-electron chi connectivity index (χ3n) is 4.07. The largest absolute Gasteiger partial charge is 0.369 e. The molecular formula is C20H21N3. The van der Waals surface area contributed by atoms with Crippen LogP contribution in [-0.2, 0) is 0 Å². The zero-order valence-corrected chi connectivity index (χ0v) is 13.7. The molecule has 23 heavy (non-hydrogen) atoms. The average Bonchev–Trinajstić information content (AvgIpc) is 2.56. The molecule has 0 saturated carbocycles. The smallest absolute Gasteiger partial charge is 0.200 e. The van der Waals surface area contributed by atoms with E-state index in [4.69, 9.17) is 5.73 Å². The van der Waals surface area contributed by atoms with E-state index >= 15 is 0 Å². The minimum Gasteiger partial charge on any atom is -0.369 e. The van der Waals surface area contributed by atoms with Gasteiger partial charge in [0.05, 0.1) is 5.69 Å². The zero-order valence-electron chi connectivity index (χ0n) is 13.7. The van der Waals surface area contributed by atoms with Crippen molar-refractivity contribution in [1.29, 1.82) is 0 Å². The van der Waals surface area contributed by atoms with Crippen molar-refractivity contribution >= 4 is 28.1 Å². The number of aliphatic imine (C=N–C) groups is 1. The standard InChI is InChI=1S/C20H21N3/c1-14-11-12-15(2)19(13-14)23(3)20(21)22-18-10-6-8-16-7-4-5-9-17(16)18/h4-13H,1-3H3,(H2,21,22). The number of hydrogen-bond donors (Lipinski definition) is 1. The molecule has 0 aliphatic heterocycles. The van der Waals surface area contributed by atoms with E-state index in [9.17, 15) is 0 Å². The second-order valence-electron chi connectivity index (χ2n) is 5.82. The maximum atomic E-state index is 6.27. The van der Waals surface area contributed by atoms with Gasteiger partial charge in [-0.1, -0.05) is 48.5 Å². The van der Waals surface area contributed by atoms with E-state index in [1.165, 1.54) is 11.1 Å². The number of aryl methyl sites for hydroxylation is 2. The predicted octanol–water partition coefficient (Wildman–Crippen LogP) is 4.54. The van der Waals surface area contributed by atoms with Gasteiger partial charge in [0.15, 0.2) is 0 Å². The molecule has 116 valence electrons. The Morgan fingerprint density at radius 2 is 1.70 bits per heavy atom. The summed E-state index contributed by atoms with van der Waals surface area (Å²) in [6.45, 7) is 4.16. The molecule has 0 radical (unpaired) electrons. The SMILES string of the molecule is Cc1ccc(C)c(N(C)C(N)=Nc2cccc3ccccc23)c1. The minimum atomic E-state index is 0.482. The molecule has 0 aliphatic rings. The van der Waals surface area contributed by atoms with Gasteiger partial charge in [-0.15, -0.1) is 0 Å². The summed E-state index contributed by atoms with van der Waals surface area (Å²) in [6.07, 6.45) is 0. The van der Waals surface area contributed by atoms with Gasteiger partial charge in [0, 0.05) is 18.1 Å². The van der Waals surface area contributed by atoms with Crippen LogP contribution in [0.4, 0.5) is 11.4 Å². The fourth-order valence-corrected chi connectivity index (χ4v) is 2.71. The maximum Gasteiger partial charge on any atom is 0.200 e. The molecule has 0 aliphatic carbocycles. The lowest BCUT2D eigenvalue weighted by molar-refractivity contribution is 1.19. The van der Waals surface area contributed by atoms with Crippen LogP contribution in [0.5, 0.6) is 0 Å². The third-order valence-corrected chi connectivity index (χ3v) is 4.07. The number of fused-ring (bicyclic) bond motifs is 1. The molecule has 0 amide bonds. The number of benzene rings is 3. The summed E-state index contributed by atoms with van der Waals surface area (Å²) in [5, 5.41) is 2.27. The van der Waals surface area contributed by atoms with Crippen LogP contribution in [-0.4, -0.2) is 13.0 Å². The second kappa shape index (κ2) is 6.13. The number of anilines is 1. The van der Waals surface area contributed by atoms with Crippen LogP contribution in [0.1, 0.15) is 11.1 Å². The van der Waals surface area contributed by atoms with Gasteiger partial charge in [-0.3, -0.25) is 0 Å². The molecule has 0 heterocycles. The highest BCUT2D eigenvalue weighted by Crippen LogP contribution is 2.26. The van der Waals surface area contributed by atoms with Gasteiger partial charge < -0.3 is 10.6 Å². The molecule has 3 rings (SSSR count). The van der Waals surface area contributed by atoms with Crippen LogP contribution in [0, 0.1) is 13.8 Å². The molecule has 3 aromatic rings. The minimum absolute atomic E-state index is 0.482. The first-order valence-electron chi connectivity index (χ1n) is 7.69. The molecule has 3 nitrogen and oxygen atoms in total. The van der Waals surface area contributed by atoms with Crippen LogP contribution in [0.3, 0.4) is 0 Å². The molecule has 2 N–H and O–H groups in total. The van der Waals surface area contributed by atoms with E-state index in [-0.39, 0.29) is 0 Å². The van der Waals surface area contributed by atoms with Gasteiger partial charge >= 0.3 is 0 Å². The van der Waals surface area contributed by atoms with E-state index in [0.717, 1.165) is 22.1 Å². The molecule has 0 fully saturated rings. The highest BCUT2D eigenvalue weighted by molar-refractivity contribution is 6.00. The lowest BCUT2D eigenvalue weighted by Crippen LogP contribution is -2.34. The quantitative estimate of drug-likeness (QED) is 0.558. The van der Waals surface area contributed by atoms with E-state index in [0.29, 0.717) is 5.96 Å². The molecule has 0 unspecified atom stereocenters. The van der Waals surface area contributed by atoms with Crippen molar-refractivity contribution in [2.75, 3.05) is 11.9 Å². The van der Waals surface area contributed by atoms with Gasteiger partial charge in [-0.05, 0) is 42.5 Å². The molecule has 0 atom stereocenters. The van der Waals surface area contributed by atoms with Gasteiger partial charge in [0.1, 0.15) is 0 Å². The van der Waals surface area contributed by atoms with E-state index in [2.05, 4.69) is 55.2 Å². The van der Waals surface area contributed by atoms with Gasteiger partial charge in [0.2, 0.25) is 5.96 Å². The first-order valence-corrected chi connectivity index (χ1v) is 7.69. The maximum absolute atomic E-state index is 6.27. The fraction of sp³-hybridized carbons (Fsp3) is 0.150. The zero-order chi connectivity index (χ0) is 16.4. The second-order valence-corrected chi connectivity index (χ2v) is 5.82. The number of rotatable bonds is 2. The molecule has 3 aromatic carbocycles. The Bertz CT molecular complexity index is 876. The van der Waals surface area contributed by atoms with Crippen LogP contribution < -0.4 is 10.6 Å². The Balaban J connectivity index is 2.02. The fourth-order valence-electron chi connectivity index (χ4n) is 2.71. The Kier molecular flexibility index (Phi) is 4.02. The highest BCUT2D eigenvalue weighted by Gasteiger charge is 2.09. The van der Waals surface area contributed by atoms with Gasteiger partial charge in [-0.2, -0.15) is 0 Å². The lowest BCUT2D eigenvalue weighted by Gasteiger charge is -2.21. The van der Waals surface area contributed by atoms with Crippen molar-refractivity contribution in [3.63, 3.8) is 0 Å². The summed E-state index contributed by atoms with van der Waals surface area (Å²) in [4.78, 5) is 6.59. The average molecular weight is 303 g/mol. The van der Waals surface area contributed by atoms with Gasteiger partial charge in [-0.25, -0.2) is 4.99 Å². The van der Waals surface area contributed by atoms with Gasteiger partial charge in [0.25, 0.3) is 0 Å². The van der Waals surface area contributed by atoms with Crippen molar-refractivity contribution < 1.29 is 0 Å². The van der Waals surface area contributed by atoms with Crippen LogP contribution in [0.15, 0.2) is 65.7 Å². The van der Waals surface area contributed by atoms with E-state index in [1.807, 2.05) is 36.2 Å². The third kappa shape index (κ3) is 3.04. The van der Waals surface area contributed by atoms with E-state index < -0.39 is 0 Å². The normalized spacial score (nSPS) is 11.7. The van der Waals surface area contributed by atoms with Crippen molar-refractivity contribution in [2.24, 2.45) is 10.7 Å². The van der Waals surface area contributed by atoms with E-state index in [1.54, 1.807) is 0 Å². The number of nitrogens with two attached hydrogens (primary N) is 1. The van der Waals surface area contributed by atoms with Crippen molar-refractivity contribution in [3.8, 4) is 0 Å². The molecule has 0 bridgehead atoms. The van der Waals surface area contributed by atoms with Crippen molar-refractivity contribution in [3.05, 3.63) is 71.8 Å². The Morgan fingerprint density at radius 3 is 2.52 bits per heavy atom. The molecule has 0 saturated heterocycles.